The van der Waals surface area contributed by atoms with E-state index in [2.05, 4.69) is 45.0 Å². The van der Waals surface area contributed by atoms with Crippen molar-refractivity contribution >= 4 is 44.7 Å². The molecule has 3 rings (SSSR count). The fourth-order valence-corrected chi connectivity index (χ4v) is 3.41. The molecule has 0 atom stereocenters. The summed E-state index contributed by atoms with van der Waals surface area (Å²) in [6, 6.07) is 5.32. The molecular formula is C18H22N6O2S2. The van der Waals surface area contributed by atoms with E-state index in [9.17, 15) is 4.79 Å². The quantitative estimate of drug-likeness (QED) is 0.494. The molecule has 3 N–H and O–H groups in total. The lowest BCUT2D eigenvalue weighted by Crippen LogP contribution is -2.20. The number of hydrogen-bond acceptors (Lipinski definition) is 8. The highest BCUT2D eigenvalue weighted by atomic mass is 32.1. The molecule has 0 unspecified atom stereocenters. The molecule has 3 aromatic rings. The van der Waals surface area contributed by atoms with Gasteiger partial charge in [0.15, 0.2) is 5.13 Å². The molecule has 0 aliphatic carbocycles. The number of carbonyl (C=O) groups excluding carboxylic acids is 1. The Morgan fingerprint density at radius 3 is 2.86 bits per heavy atom. The van der Waals surface area contributed by atoms with Gasteiger partial charge in [-0.1, -0.05) is 42.6 Å². The maximum absolute atomic E-state index is 12.4. The summed E-state index contributed by atoms with van der Waals surface area (Å²) in [6.45, 7) is 7.29. The van der Waals surface area contributed by atoms with E-state index in [0.717, 1.165) is 15.6 Å². The summed E-state index contributed by atoms with van der Waals surface area (Å²) in [5, 5.41) is 17.7. The van der Waals surface area contributed by atoms with Gasteiger partial charge in [0.05, 0.1) is 18.8 Å². The molecule has 0 fully saturated rings. The number of anilines is 3. The van der Waals surface area contributed by atoms with E-state index in [1.807, 2.05) is 25.1 Å². The number of benzene rings is 1. The van der Waals surface area contributed by atoms with Crippen molar-refractivity contribution in [3.63, 3.8) is 0 Å². The van der Waals surface area contributed by atoms with Crippen molar-refractivity contribution in [2.24, 2.45) is 5.92 Å². The Hall–Kier alpha value is -2.72. The Bertz CT molecular complexity index is 911. The average Bonchev–Trinajstić information content (AvgIpc) is 3.32. The van der Waals surface area contributed by atoms with Gasteiger partial charge in [-0.05, 0) is 30.5 Å². The molecule has 0 aliphatic rings. The van der Waals surface area contributed by atoms with Crippen LogP contribution in [0.25, 0.3) is 0 Å². The van der Waals surface area contributed by atoms with Gasteiger partial charge in [0.2, 0.25) is 5.13 Å². The highest BCUT2D eigenvalue weighted by Crippen LogP contribution is 2.27. The molecule has 0 radical (unpaired) electrons. The maximum Gasteiger partial charge on any atom is 0.325 e. The van der Waals surface area contributed by atoms with Crippen LogP contribution in [-0.2, 0) is 6.54 Å². The average molecular weight is 419 g/mol. The standard InChI is InChI=1S/C18H22N6O2S2/c1-11(2)9-26-15-6-12(3)4-5-14(15)22-16(25)23-17-19-7-13(28-17)8-20-18-24-21-10-27-18/h4-7,10-11H,8-9H2,1-3H3,(H,20,24)(H2,19,22,23,25). The predicted molar refractivity (Wildman–Crippen MR) is 114 cm³/mol. The molecule has 0 spiro atoms. The van der Waals surface area contributed by atoms with Crippen LogP contribution in [0.15, 0.2) is 29.9 Å². The second kappa shape index (κ2) is 9.47. The highest BCUT2D eigenvalue weighted by Gasteiger charge is 2.11. The third-order valence-corrected chi connectivity index (χ3v) is 5.07. The van der Waals surface area contributed by atoms with Gasteiger partial charge in [0.25, 0.3) is 0 Å². The smallest absolute Gasteiger partial charge is 0.325 e. The zero-order valence-corrected chi connectivity index (χ0v) is 17.5. The molecule has 1 aromatic carbocycles. The first-order valence-electron chi connectivity index (χ1n) is 8.76. The normalized spacial score (nSPS) is 10.7. The Kier molecular flexibility index (Phi) is 6.77. The molecule has 8 nitrogen and oxygen atoms in total. The third-order valence-electron chi connectivity index (χ3n) is 3.51. The summed E-state index contributed by atoms with van der Waals surface area (Å²) in [4.78, 5) is 17.6. The molecule has 0 bridgehead atoms. The van der Waals surface area contributed by atoms with Crippen LogP contribution in [0.5, 0.6) is 5.75 Å². The number of thiazole rings is 1. The minimum Gasteiger partial charge on any atom is -0.491 e. The van der Waals surface area contributed by atoms with Crippen molar-refractivity contribution in [1.82, 2.24) is 15.2 Å². The zero-order valence-electron chi connectivity index (χ0n) is 15.9. The summed E-state index contributed by atoms with van der Waals surface area (Å²) in [5.74, 6) is 1.05. The number of urea groups is 1. The van der Waals surface area contributed by atoms with Crippen LogP contribution in [0.2, 0.25) is 0 Å². The number of aromatic nitrogens is 3. The number of aryl methyl sites for hydroxylation is 1. The van der Waals surface area contributed by atoms with Gasteiger partial charge in [-0.3, -0.25) is 5.32 Å². The first-order valence-corrected chi connectivity index (χ1v) is 10.5. The van der Waals surface area contributed by atoms with Crippen molar-refractivity contribution in [2.75, 3.05) is 22.6 Å². The molecule has 0 aliphatic heterocycles. The summed E-state index contributed by atoms with van der Waals surface area (Å²) < 4.78 is 5.83. The predicted octanol–water partition coefficient (Wildman–Crippen LogP) is 4.59. The lowest BCUT2D eigenvalue weighted by atomic mass is 10.2. The summed E-state index contributed by atoms with van der Waals surface area (Å²) in [5.41, 5.74) is 3.35. The molecule has 2 aromatic heterocycles. The molecule has 28 heavy (non-hydrogen) atoms. The third kappa shape index (κ3) is 5.89. The lowest BCUT2D eigenvalue weighted by molar-refractivity contribution is 0.260. The second-order valence-corrected chi connectivity index (χ2v) is 8.46. The lowest BCUT2D eigenvalue weighted by Gasteiger charge is -2.14. The van der Waals surface area contributed by atoms with Crippen molar-refractivity contribution in [1.29, 1.82) is 0 Å². The minimum absolute atomic E-state index is 0.365. The second-order valence-electron chi connectivity index (χ2n) is 6.51. The molecule has 148 valence electrons. The van der Waals surface area contributed by atoms with Crippen LogP contribution in [0, 0.1) is 12.8 Å². The maximum atomic E-state index is 12.4. The Morgan fingerprint density at radius 2 is 2.11 bits per heavy atom. The summed E-state index contributed by atoms with van der Waals surface area (Å²) in [7, 11) is 0. The Balaban J connectivity index is 1.57. The van der Waals surface area contributed by atoms with E-state index in [-0.39, 0.29) is 6.03 Å². The Morgan fingerprint density at radius 1 is 1.25 bits per heavy atom. The van der Waals surface area contributed by atoms with E-state index < -0.39 is 0 Å². The largest absolute Gasteiger partial charge is 0.491 e. The van der Waals surface area contributed by atoms with Gasteiger partial charge >= 0.3 is 6.03 Å². The first kappa shape index (κ1) is 20.0. The van der Waals surface area contributed by atoms with E-state index in [1.165, 1.54) is 22.7 Å². The van der Waals surface area contributed by atoms with Gasteiger partial charge in [-0.25, -0.2) is 9.78 Å². The van der Waals surface area contributed by atoms with Crippen molar-refractivity contribution in [3.05, 3.63) is 40.3 Å². The molecular weight excluding hydrogens is 396 g/mol. The van der Waals surface area contributed by atoms with Crippen LogP contribution >= 0.6 is 22.7 Å². The summed E-state index contributed by atoms with van der Waals surface area (Å²) in [6.07, 6.45) is 1.72. The van der Waals surface area contributed by atoms with Crippen LogP contribution in [0.4, 0.5) is 20.7 Å². The highest BCUT2D eigenvalue weighted by molar-refractivity contribution is 7.15. The fraction of sp³-hybridized carbons (Fsp3) is 0.333. The molecule has 0 saturated heterocycles. The van der Waals surface area contributed by atoms with Crippen molar-refractivity contribution < 1.29 is 9.53 Å². The van der Waals surface area contributed by atoms with Gasteiger partial charge in [0, 0.05) is 11.1 Å². The van der Waals surface area contributed by atoms with Gasteiger partial charge in [-0.2, -0.15) is 0 Å². The SMILES string of the molecule is Cc1ccc(NC(=O)Nc2ncc(CNc3nncs3)s2)c(OCC(C)C)c1. The topological polar surface area (TPSA) is 101 Å². The van der Waals surface area contributed by atoms with Gasteiger partial charge in [-0.15, -0.1) is 10.2 Å². The Labute approximate surface area is 171 Å². The van der Waals surface area contributed by atoms with E-state index in [1.54, 1.807) is 11.7 Å². The van der Waals surface area contributed by atoms with Crippen molar-refractivity contribution in [3.8, 4) is 5.75 Å². The number of carbonyl (C=O) groups is 1. The number of ether oxygens (including phenoxy) is 1. The molecule has 0 saturated carbocycles. The van der Waals surface area contributed by atoms with Crippen LogP contribution in [0.1, 0.15) is 24.3 Å². The minimum atomic E-state index is -0.365. The van der Waals surface area contributed by atoms with Gasteiger partial charge in [0.1, 0.15) is 11.3 Å². The zero-order chi connectivity index (χ0) is 19.9. The summed E-state index contributed by atoms with van der Waals surface area (Å²) >= 11 is 2.82. The monoisotopic (exact) mass is 418 g/mol. The van der Waals surface area contributed by atoms with Crippen molar-refractivity contribution in [2.45, 2.75) is 27.3 Å². The molecule has 10 heteroatoms. The fourth-order valence-electron chi connectivity index (χ4n) is 2.22. The van der Waals surface area contributed by atoms with Gasteiger partial charge < -0.3 is 15.4 Å². The van der Waals surface area contributed by atoms with E-state index in [0.29, 0.717) is 35.6 Å². The van der Waals surface area contributed by atoms with E-state index in [4.69, 9.17) is 4.74 Å². The number of nitrogens with zero attached hydrogens (tertiary/aromatic N) is 3. The number of amides is 2. The van der Waals surface area contributed by atoms with Crippen LogP contribution < -0.4 is 20.7 Å². The number of rotatable bonds is 8. The molecule has 2 amide bonds. The van der Waals surface area contributed by atoms with Crippen LogP contribution in [0.3, 0.4) is 0 Å². The first-order chi connectivity index (χ1) is 13.5. The van der Waals surface area contributed by atoms with E-state index >= 15 is 0 Å². The number of hydrogen-bond donors (Lipinski definition) is 3. The number of nitrogens with one attached hydrogen (secondary N) is 3. The molecule has 2 heterocycles. The van der Waals surface area contributed by atoms with Crippen LogP contribution in [-0.4, -0.2) is 27.8 Å².